The first-order valence-electron chi connectivity index (χ1n) is 10.2. The van der Waals surface area contributed by atoms with Crippen LogP contribution in [0.2, 0.25) is 0 Å². The average Bonchev–Trinajstić information content (AvgIpc) is 3.48. The lowest BCUT2D eigenvalue weighted by Gasteiger charge is -2.38. The number of nitrogens with zero attached hydrogens (tertiary/aromatic N) is 4. The van der Waals surface area contributed by atoms with Gasteiger partial charge in [-0.15, -0.1) is 11.3 Å². The third-order valence-electron chi connectivity index (χ3n) is 5.75. The van der Waals surface area contributed by atoms with Crippen LogP contribution in [0, 0.1) is 0 Å². The smallest absolute Gasteiger partial charge is 0.137 e. The Morgan fingerprint density at radius 3 is 2.73 bits per heavy atom. The first kappa shape index (κ1) is 19.0. The fourth-order valence-electron chi connectivity index (χ4n) is 4.14. The fraction of sp³-hybridized carbons (Fsp3) is 0.261. The zero-order valence-corrected chi connectivity index (χ0v) is 17.4. The van der Waals surface area contributed by atoms with E-state index >= 15 is 0 Å². The van der Waals surface area contributed by atoms with Crippen LogP contribution >= 0.6 is 11.3 Å². The van der Waals surface area contributed by atoms with Crippen molar-refractivity contribution in [2.45, 2.75) is 12.5 Å². The number of hydrogen-bond acceptors (Lipinski definition) is 6. The molecule has 30 heavy (non-hydrogen) atoms. The van der Waals surface area contributed by atoms with Gasteiger partial charge in [0.25, 0.3) is 0 Å². The van der Waals surface area contributed by atoms with E-state index in [2.05, 4.69) is 49.4 Å². The van der Waals surface area contributed by atoms with E-state index in [1.54, 1.807) is 23.7 Å². The van der Waals surface area contributed by atoms with Gasteiger partial charge >= 0.3 is 0 Å². The summed E-state index contributed by atoms with van der Waals surface area (Å²) in [5.74, 6) is 0. The van der Waals surface area contributed by atoms with Gasteiger partial charge in [-0.25, -0.2) is 4.98 Å². The van der Waals surface area contributed by atoms with Crippen molar-refractivity contribution in [1.29, 1.82) is 0 Å². The number of aromatic amines is 1. The number of pyridine rings is 1. The van der Waals surface area contributed by atoms with Gasteiger partial charge in [-0.3, -0.25) is 9.88 Å². The van der Waals surface area contributed by atoms with Gasteiger partial charge in [-0.05, 0) is 30.3 Å². The number of aromatic nitrogens is 3. The number of H-pyrrole nitrogens is 1. The number of benzene rings is 1. The molecule has 7 heteroatoms. The number of carbonyl (C=O) groups is 1. The Labute approximate surface area is 179 Å². The highest BCUT2D eigenvalue weighted by Crippen LogP contribution is 2.28. The molecule has 1 aromatic carbocycles. The van der Waals surface area contributed by atoms with Crippen LogP contribution in [0.1, 0.15) is 5.69 Å². The molecule has 4 heterocycles. The molecule has 1 atom stereocenters. The summed E-state index contributed by atoms with van der Waals surface area (Å²) in [4.78, 5) is 28.7. The van der Waals surface area contributed by atoms with Crippen LogP contribution in [0.15, 0.2) is 60.4 Å². The minimum atomic E-state index is -0.136. The molecule has 1 fully saturated rings. The molecule has 152 valence electrons. The highest BCUT2D eigenvalue weighted by Gasteiger charge is 2.25. The molecule has 0 aliphatic carbocycles. The van der Waals surface area contributed by atoms with Gasteiger partial charge in [0.15, 0.2) is 0 Å². The molecule has 1 aliphatic heterocycles. The Morgan fingerprint density at radius 1 is 1.10 bits per heavy atom. The van der Waals surface area contributed by atoms with E-state index in [-0.39, 0.29) is 6.04 Å². The van der Waals surface area contributed by atoms with Crippen LogP contribution in [0.25, 0.3) is 21.5 Å². The maximum atomic E-state index is 11.9. The van der Waals surface area contributed by atoms with Crippen molar-refractivity contribution in [3.63, 3.8) is 0 Å². The van der Waals surface area contributed by atoms with Gasteiger partial charge in [0.05, 0.1) is 11.7 Å². The molecule has 1 saturated heterocycles. The maximum absolute atomic E-state index is 11.9. The predicted molar refractivity (Wildman–Crippen MR) is 121 cm³/mol. The maximum Gasteiger partial charge on any atom is 0.137 e. The summed E-state index contributed by atoms with van der Waals surface area (Å²) in [6.45, 7) is 3.55. The largest absolute Gasteiger partial charge is 0.368 e. The van der Waals surface area contributed by atoms with Gasteiger partial charge in [0.1, 0.15) is 11.3 Å². The first-order valence-corrected chi connectivity index (χ1v) is 11.0. The van der Waals surface area contributed by atoms with Crippen LogP contribution in [-0.4, -0.2) is 58.4 Å². The Kier molecular flexibility index (Phi) is 5.29. The van der Waals surface area contributed by atoms with Gasteiger partial charge in [-0.1, -0.05) is 6.07 Å². The number of hydrogen-bond donors (Lipinski definition) is 1. The molecule has 6 nitrogen and oxygen atoms in total. The predicted octanol–water partition coefficient (Wildman–Crippen LogP) is 3.62. The second-order valence-corrected chi connectivity index (χ2v) is 8.38. The normalized spacial score (nSPS) is 16.1. The summed E-state index contributed by atoms with van der Waals surface area (Å²) in [5.41, 5.74) is 4.46. The number of rotatable bonds is 6. The highest BCUT2D eigenvalue weighted by molar-refractivity contribution is 7.13. The summed E-state index contributed by atoms with van der Waals surface area (Å²) >= 11 is 1.62. The van der Waals surface area contributed by atoms with E-state index in [1.807, 2.05) is 18.3 Å². The monoisotopic (exact) mass is 417 g/mol. The topological polar surface area (TPSA) is 65.1 Å². The molecule has 0 saturated carbocycles. The molecule has 4 aromatic rings. The van der Waals surface area contributed by atoms with E-state index in [4.69, 9.17) is 4.98 Å². The number of thiazole rings is 1. The first-order chi connectivity index (χ1) is 14.8. The van der Waals surface area contributed by atoms with Gasteiger partial charge in [-0.2, -0.15) is 0 Å². The standard InChI is InChI=1S/C23H23N5OS/c29-15-19(14-18-16-30-23(26-18)17-4-7-24-8-5-17)27-10-12-28(13-11-27)22-3-1-2-21-20(22)6-9-25-21/h1-9,15-16,19,25H,10-14H2. The van der Waals surface area contributed by atoms with Crippen LogP contribution < -0.4 is 4.90 Å². The molecule has 0 bridgehead atoms. The summed E-state index contributed by atoms with van der Waals surface area (Å²) in [7, 11) is 0. The van der Waals surface area contributed by atoms with Crippen molar-refractivity contribution in [3.8, 4) is 10.6 Å². The summed E-state index contributed by atoms with van der Waals surface area (Å²) in [6, 6.07) is 12.3. The van der Waals surface area contributed by atoms with Crippen LogP contribution in [0.4, 0.5) is 5.69 Å². The van der Waals surface area contributed by atoms with Crippen molar-refractivity contribution in [1.82, 2.24) is 19.9 Å². The molecular formula is C23H23N5OS. The third-order valence-corrected chi connectivity index (χ3v) is 6.69. The molecule has 1 aliphatic rings. The van der Waals surface area contributed by atoms with Crippen LogP contribution in [0.3, 0.4) is 0 Å². The quantitative estimate of drug-likeness (QED) is 0.486. The van der Waals surface area contributed by atoms with E-state index in [0.717, 1.165) is 54.2 Å². The van der Waals surface area contributed by atoms with Crippen molar-refractivity contribution >= 4 is 34.2 Å². The van der Waals surface area contributed by atoms with Crippen molar-refractivity contribution in [3.05, 3.63) is 66.1 Å². The second-order valence-electron chi connectivity index (χ2n) is 7.53. The highest BCUT2D eigenvalue weighted by atomic mass is 32.1. The number of carbonyl (C=O) groups excluding carboxylic acids is 1. The second kappa shape index (κ2) is 8.38. The molecule has 0 radical (unpaired) electrons. The van der Waals surface area contributed by atoms with Crippen molar-refractivity contribution in [2.24, 2.45) is 0 Å². The zero-order chi connectivity index (χ0) is 20.3. The number of anilines is 1. The van der Waals surface area contributed by atoms with Crippen molar-refractivity contribution < 1.29 is 4.79 Å². The Balaban J connectivity index is 1.24. The van der Waals surface area contributed by atoms with Gasteiger partial charge < -0.3 is 14.7 Å². The summed E-state index contributed by atoms with van der Waals surface area (Å²) in [6.07, 6.45) is 7.27. The van der Waals surface area contributed by atoms with E-state index < -0.39 is 0 Å². The Bertz CT molecular complexity index is 1130. The van der Waals surface area contributed by atoms with Crippen LogP contribution in [0.5, 0.6) is 0 Å². The molecule has 5 rings (SSSR count). The van der Waals surface area contributed by atoms with Crippen molar-refractivity contribution in [2.75, 3.05) is 31.1 Å². The van der Waals surface area contributed by atoms with E-state index in [9.17, 15) is 4.79 Å². The number of fused-ring (bicyclic) bond motifs is 1. The molecule has 1 unspecified atom stereocenters. The molecule has 0 spiro atoms. The molecule has 0 amide bonds. The fourth-order valence-corrected chi connectivity index (χ4v) is 4.98. The molecule has 3 aromatic heterocycles. The molecular weight excluding hydrogens is 394 g/mol. The molecule has 1 N–H and O–H groups in total. The lowest BCUT2D eigenvalue weighted by molar-refractivity contribution is -0.112. The summed E-state index contributed by atoms with van der Waals surface area (Å²) < 4.78 is 0. The number of aldehydes is 1. The van der Waals surface area contributed by atoms with E-state index in [1.165, 1.54) is 11.1 Å². The minimum absolute atomic E-state index is 0.136. The number of piperazine rings is 1. The lowest BCUT2D eigenvalue weighted by Crippen LogP contribution is -2.51. The third kappa shape index (κ3) is 3.74. The SMILES string of the molecule is O=CC(Cc1csc(-c2ccncc2)n1)N1CCN(c2cccc3[nH]ccc23)CC1. The minimum Gasteiger partial charge on any atom is -0.368 e. The number of nitrogens with one attached hydrogen (secondary N) is 1. The average molecular weight is 418 g/mol. The summed E-state index contributed by atoms with van der Waals surface area (Å²) in [5, 5.41) is 4.29. The van der Waals surface area contributed by atoms with Crippen LogP contribution in [-0.2, 0) is 11.2 Å². The lowest BCUT2D eigenvalue weighted by atomic mass is 10.1. The zero-order valence-electron chi connectivity index (χ0n) is 16.6. The van der Waals surface area contributed by atoms with Gasteiger partial charge in [0.2, 0.25) is 0 Å². The van der Waals surface area contributed by atoms with Gasteiger partial charge in [0, 0.05) is 78.7 Å². The Hall–Kier alpha value is -3.03. The Morgan fingerprint density at radius 2 is 1.93 bits per heavy atom. The van der Waals surface area contributed by atoms with E-state index in [0.29, 0.717) is 6.42 Å².